The zero-order valence-electron chi connectivity index (χ0n) is 11.4. The van der Waals surface area contributed by atoms with E-state index in [4.69, 9.17) is 14.7 Å². The molecule has 0 amide bonds. The molecule has 102 valence electrons. The highest BCUT2D eigenvalue weighted by Gasteiger charge is 2.09. The van der Waals surface area contributed by atoms with Crippen LogP contribution in [0.15, 0.2) is 47.4 Å². The molecule has 0 aliphatic heterocycles. The third-order valence-electron chi connectivity index (χ3n) is 2.84. The molecule has 0 N–H and O–H groups in total. The third-order valence-corrected chi connectivity index (χ3v) is 3.95. The van der Waals surface area contributed by atoms with Crippen molar-refractivity contribution in [3.63, 3.8) is 0 Å². The van der Waals surface area contributed by atoms with Crippen molar-refractivity contribution in [2.75, 3.05) is 14.2 Å². The summed E-state index contributed by atoms with van der Waals surface area (Å²) < 4.78 is 10.7. The Balaban J connectivity index is 2.12. The van der Waals surface area contributed by atoms with Crippen molar-refractivity contribution in [2.24, 2.45) is 0 Å². The number of methoxy groups -OCH3 is 2. The fraction of sp³-hybridized carbons (Fsp3) is 0.188. The van der Waals surface area contributed by atoms with Crippen molar-refractivity contribution in [3.05, 3.63) is 53.6 Å². The molecular formula is C16H15NO2S. The van der Waals surface area contributed by atoms with Crippen molar-refractivity contribution in [1.82, 2.24) is 0 Å². The van der Waals surface area contributed by atoms with Crippen molar-refractivity contribution in [1.29, 1.82) is 5.26 Å². The molecule has 0 saturated carbocycles. The van der Waals surface area contributed by atoms with Gasteiger partial charge in [0.2, 0.25) is 0 Å². The van der Waals surface area contributed by atoms with E-state index >= 15 is 0 Å². The zero-order chi connectivity index (χ0) is 14.4. The van der Waals surface area contributed by atoms with Gasteiger partial charge in [0, 0.05) is 5.75 Å². The molecular weight excluding hydrogens is 270 g/mol. The summed E-state index contributed by atoms with van der Waals surface area (Å²) >= 11 is 1.68. The number of hydrogen-bond acceptors (Lipinski definition) is 4. The van der Waals surface area contributed by atoms with Crippen LogP contribution in [-0.4, -0.2) is 14.2 Å². The van der Waals surface area contributed by atoms with Crippen LogP contribution in [0.2, 0.25) is 0 Å². The molecule has 0 aromatic heterocycles. The van der Waals surface area contributed by atoms with E-state index in [1.165, 1.54) is 5.56 Å². The van der Waals surface area contributed by atoms with Crippen LogP contribution < -0.4 is 9.47 Å². The first-order chi connectivity index (χ1) is 9.78. The molecule has 0 bridgehead atoms. The van der Waals surface area contributed by atoms with Gasteiger partial charge in [-0.25, -0.2) is 0 Å². The molecule has 0 heterocycles. The maximum atomic E-state index is 8.78. The second kappa shape index (κ2) is 6.88. The Morgan fingerprint density at radius 1 is 1.05 bits per heavy atom. The maximum absolute atomic E-state index is 8.78. The molecule has 20 heavy (non-hydrogen) atoms. The molecule has 0 unspecified atom stereocenters. The van der Waals surface area contributed by atoms with Crippen LogP contribution in [0, 0.1) is 11.3 Å². The van der Waals surface area contributed by atoms with Gasteiger partial charge in [0.25, 0.3) is 0 Å². The summed E-state index contributed by atoms with van der Waals surface area (Å²) in [5.41, 5.74) is 1.84. The number of para-hydroxylation sites is 1. The van der Waals surface area contributed by atoms with E-state index in [0.717, 1.165) is 22.1 Å². The lowest BCUT2D eigenvalue weighted by Crippen LogP contribution is -1.92. The van der Waals surface area contributed by atoms with Crippen LogP contribution >= 0.6 is 11.8 Å². The Bertz CT molecular complexity index is 617. The van der Waals surface area contributed by atoms with E-state index in [2.05, 4.69) is 6.07 Å². The minimum atomic E-state index is 0.678. The van der Waals surface area contributed by atoms with Crippen LogP contribution in [0.5, 0.6) is 11.5 Å². The average molecular weight is 285 g/mol. The lowest BCUT2D eigenvalue weighted by atomic mass is 10.2. The molecule has 3 nitrogen and oxygen atoms in total. The quantitative estimate of drug-likeness (QED) is 0.782. The lowest BCUT2D eigenvalue weighted by Gasteiger charge is -2.12. The molecule has 0 fully saturated rings. The fourth-order valence-corrected chi connectivity index (χ4v) is 2.81. The number of hydrogen-bond donors (Lipinski definition) is 0. The van der Waals surface area contributed by atoms with E-state index in [0.29, 0.717) is 5.56 Å². The van der Waals surface area contributed by atoms with Crippen molar-refractivity contribution in [2.45, 2.75) is 10.6 Å². The predicted molar refractivity (Wildman–Crippen MR) is 80.3 cm³/mol. The smallest absolute Gasteiger partial charge is 0.174 e. The van der Waals surface area contributed by atoms with Crippen LogP contribution in [0.4, 0.5) is 0 Å². The standard InChI is InChI=1S/C16H15NO2S/c1-18-14-4-3-5-15(16(14)19-2)20-11-13-8-6-12(10-17)7-9-13/h3-9H,11H2,1-2H3. The van der Waals surface area contributed by atoms with Crippen molar-refractivity contribution < 1.29 is 9.47 Å². The van der Waals surface area contributed by atoms with Gasteiger partial charge in [-0.15, -0.1) is 11.8 Å². The number of rotatable bonds is 5. The zero-order valence-corrected chi connectivity index (χ0v) is 12.2. The Kier molecular flexibility index (Phi) is 4.91. The molecule has 2 rings (SSSR count). The molecule has 0 aliphatic rings. The Morgan fingerprint density at radius 2 is 1.80 bits per heavy atom. The highest BCUT2D eigenvalue weighted by atomic mass is 32.2. The summed E-state index contributed by atoms with van der Waals surface area (Å²) in [4.78, 5) is 1.04. The van der Waals surface area contributed by atoms with E-state index < -0.39 is 0 Å². The van der Waals surface area contributed by atoms with Gasteiger partial charge in [0.05, 0.1) is 30.7 Å². The maximum Gasteiger partial charge on any atom is 0.174 e. The summed E-state index contributed by atoms with van der Waals surface area (Å²) in [7, 11) is 3.27. The summed E-state index contributed by atoms with van der Waals surface area (Å²) in [6, 6.07) is 15.6. The number of ether oxygens (including phenoxy) is 2. The van der Waals surface area contributed by atoms with Gasteiger partial charge < -0.3 is 9.47 Å². The third kappa shape index (κ3) is 3.25. The first kappa shape index (κ1) is 14.3. The molecule has 0 atom stereocenters. The highest BCUT2D eigenvalue weighted by Crippen LogP contribution is 2.38. The summed E-state index contributed by atoms with van der Waals surface area (Å²) in [6.07, 6.45) is 0. The van der Waals surface area contributed by atoms with Gasteiger partial charge in [0.15, 0.2) is 11.5 Å². The highest BCUT2D eigenvalue weighted by molar-refractivity contribution is 7.98. The molecule has 4 heteroatoms. The van der Waals surface area contributed by atoms with E-state index in [1.54, 1.807) is 26.0 Å². The van der Waals surface area contributed by atoms with E-state index in [-0.39, 0.29) is 0 Å². The molecule has 2 aromatic carbocycles. The van der Waals surface area contributed by atoms with Crippen molar-refractivity contribution in [3.8, 4) is 17.6 Å². The summed E-state index contributed by atoms with van der Waals surface area (Å²) in [5, 5.41) is 8.78. The second-order valence-corrected chi connectivity index (χ2v) is 5.11. The average Bonchev–Trinajstić information content (AvgIpc) is 2.52. The molecule has 0 aliphatic carbocycles. The molecule has 0 saturated heterocycles. The fourth-order valence-electron chi connectivity index (χ4n) is 1.81. The van der Waals surface area contributed by atoms with Gasteiger partial charge in [0.1, 0.15) is 0 Å². The normalized spacial score (nSPS) is 9.85. The minimum absolute atomic E-state index is 0.678. The SMILES string of the molecule is COc1cccc(SCc2ccc(C#N)cc2)c1OC. The van der Waals surface area contributed by atoms with E-state index in [1.807, 2.05) is 42.5 Å². The first-order valence-electron chi connectivity index (χ1n) is 6.11. The Labute approximate surface area is 123 Å². The summed E-state index contributed by atoms with van der Waals surface area (Å²) in [6.45, 7) is 0. The Hall–Kier alpha value is -2.12. The van der Waals surface area contributed by atoms with Gasteiger partial charge >= 0.3 is 0 Å². The number of nitriles is 1. The minimum Gasteiger partial charge on any atom is -0.493 e. The topological polar surface area (TPSA) is 42.2 Å². The van der Waals surface area contributed by atoms with Crippen LogP contribution in [-0.2, 0) is 5.75 Å². The number of thioether (sulfide) groups is 1. The molecule has 0 spiro atoms. The Morgan fingerprint density at radius 3 is 2.40 bits per heavy atom. The number of nitrogens with zero attached hydrogens (tertiary/aromatic N) is 1. The van der Waals surface area contributed by atoms with Crippen LogP contribution in [0.3, 0.4) is 0 Å². The lowest BCUT2D eigenvalue weighted by molar-refractivity contribution is 0.348. The number of benzene rings is 2. The van der Waals surface area contributed by atoms with Crippen LogP contribution in [0.25, 0.3) is 0 Å². The van der Waals surface area contributed by atoms with Gasteiger partial charge in [-0.2, -0.15) is 5.26 Å². The largest absolute Gasteiger partial charge is 0.493 e. The predicted octanol–water partition coefficient (Wildman–Crippen LogP) is 3.87. The summed E-state index contributed by atoms with van der Waals surface area (Å²) in [5.74, 6) is 2.31. The van der Waals surface area contributed by atoms with Gasteiger partial charge in [-0.3, -0.25) is 0 Å². The van der Waals surface area contributed by atoms with E-state index in [9.17, 15) is 0 Å². The van der Waals surface area contributed by atoms with Gasteiger partial charge in [-0.1, -0.05) is 18.2 Å². The van der Waals surface area contributed by atoms with Crippen LogP contribution in [0.1, 0.15) is 11.1 Å². The molecule has 0 radical (unpaired) electrons. The van der Waals surface area contributed by atoms with Gasteiger partial charge in [-0.05, 0) is 29.8 Å². The van der Waals surface area contributed by atoms with Crippen molar-refractivity contribution >= 4 is 11.8 Å². The monoisotopic (exact) mass is 285 g/mol. The first-order valence-corrected chi connectivity index (χ1v) is 7.10. The second-order valence-electron chi connectivity index (χ2n) is 4.09. The molecule has 2 aromatic rings.